The summed E-state index contributed by atoms with van der Waals surface area (Å²) >= 11 is 0. The van der Waals surface area contributed by atoms with Gasteiger partial charge in [-0.05, 0) is 52.1 Å². The van der Waals surface area contributed by atoms with Crippen molar-refractivity contribution in [2.75, 3.05) is 0 Å². The summed E-state index contributed by atoms with van der Waals surface area (Å²) in [4.78, 5) is 0. The Morgan fingerprint density at radius 1 is 0.667 bits per heavy atom. The molecule has 3 nitrogen and oxygen atoms in total. The Balaban J connectivity index is 3.36. The van der Waals surface area contributed by atoms with Crippen molar-refractivity contribution in [3.63, 3.8) is 0 Å². The van der Waals surface area contributed by atoms with E-state index in [1.165, 1.54) is 12.8 Å². The Kier molecular flexibility index (Phi) is 7.44. The highest BCUT2D eigenvalue weighted by molar-refractivity contribution is 6.94. The molecule has 0 radical (unpaired) electrons. The van der Waals surface area contributed by atoms with Crippen molar-refractivity contribution in [1.29, 1.82) is 0 Å². The zero-order valence-corrected chi connectivity index (χ0v) is 20.5. The second-order valence-corrected chi connectivity index (χ2v) is 23.6. The highest BCUT2D eigenvalue weighted by Crippen LogP contribution is 2.44. The van der Waals surface area contributed by atoms with Crippen molar-refractivity contribution >= 4 is 33.8 Å². The van der Waals surface area contributed by atoms with Crippen molar-refractivity contribution in [2.24, 2.45) is 0 Å². The van der Waals surface area contributed by atoms with Crippen molar-refractivity contribution < 1.29 is 12.3 Å². The third kappa shape index (κ3) is 6.05. The molecule has 0 bridgehead atoms. The molecule has 0 atom stereocenters. The predicted molar refractivity (Wildman–Crippen MR) is 114 cm³/mol. The van der Waals surface area contributed by atoms with Crippen LogP contribution in [0.3, 0.4) is 0 Å². The lowest BCUT2D eigenvalue weighted by atomic mass is 10.4. The van der Waals surface area contributed by atoms with Gasteiger partial charge in [-0.3, -0.25) is 0 Å². The van der Waals surface area contributed by atoms with Gasteiger partial charge in [0.2, 0.25) is 25.0 Å². The molecule has 0 unspecified atom stereocenters. The molecule has 0 saturated heterocycles. The summed E-state index contributed by atoms with van der Waals surface area (Å²) in [7, 11) is -9.02. The molecule has 138 valence electrons. The lowest BCUT2D eigenvalue weighted by Gasteiger charge is -2.46. The molecule has 7 heteroatoms. The molecule has 24 heavy (non-hydrogen) atoms. The molecule has 1 rings (SSSR count). The number of hydrogen-bond donors (Lipinski definition) is 0. The molecule has 1 fully saturated rings. The fraction of sp³-hybridized carbons (Fsp3) is 0.647. The molecule has 1 aliphatic carbocycles. The van der Waals surface area contributed by atoms with Gasteiger partial charge in [0.1, 0.15) is 0 Å². The highest BCUT2D eigenvalue weighted by atomic mass is 28.5. The van der Waals surface area contributed by atoms with Crippen LogP contribution in [0.1, 0.15) is 25.7 Å². The fourth-order valence-corrected chi connectivity index (χ4v) is 17.4. The average Bonchev–Trinajstić information content (AvgIpc) is 3.01. The molecule has 1 saturated carbocycles. The van der Waals surface area contributed by atoms with E-state index in [2.05, 4.69) is 59.0 Å². The van der Waals surface area contributed by atoms with Crippen LogP contribution < -0.4 is 0 Å². The molecule has 0 amide bonds. The summed E-state index contributed by atoms with van der Waals surface area (Å²) in [5.41, 5.74) is 6.35. The topological polar surface area (TPSA) is 27.7 Å². The van der Waals surface area contributed by atoms with Gasteiger partial charge in [-0.25, -0.2) is 0 Å². The monoisotopic (exact) mass is 400 g/mol. The van der Waals surface area contributed by atoms with Crippen LogP contribution in [-0.4, -0.2) is 33.8 Å². The Bertz CT molecular complexity index is 413. The highest BCUT2D eigenvalue weighted by Gasteiger charge is 2.57. The zero-order chi connectivity index (χ0) is 18.6. The summed E-state index contributed by atoms with van der Waals surface area (Å²) < 4.78 is 20.5. The lowest BCUT2D eigenvalue weighted by molar-refractivity contribution is 0.237. The average molecular weight is 401 g/mol. The smallest absolute Gasteiger partial charge is 0.413 e. The van der Waals surface area contributed by atoms with Gasteiger partial charge in [0.25, 0.3) is 0 Å². The molecule has 0 spiro atoms. The Morgan fingerprint density at radius 2 is 0.958 bits per heavy atom. The molecular weight excluding hydrogens is 365 g/mol. The van der Waals surface area contributed by atoms with E-state index in [0.29, 0.717) is 5.54 Å². The van der Waals surface area contributed by atoms with Crippen molar-refractivity contribution in [2.45, 2.75) is 70.5 Å². The Morgan fingerprint density at radius 3 is 1.21 bits per heavy atom. The standard InChI is InChI=1S/C17H36O3Si4/c1-10-21(4,5)18-24(17-15-13-14-16-17,19-22(6,7)11-2)20-23(8,9)12-3/h10-12,17H,1-3,13-16H2,4-9H3. The van der Waals surface area contributed by atoms with Crippen LogP contribution >= 0.6 is 0 Å². The van der Waals surface area contributed by atoms with Crippen LogP contribution in [0.4, 0.5) is 0 Å². The molecular formula is C17H36O3Si4. The van der Waals surface area contributed by atoms with E-state index < -0.39 is 33.8 Å². The van der Waals surface area contributed by atoms with E-state index in [4.69, 9.17) is 12.3 Å². The van der Waals surface area contributed by atoms with Gasteiger partial charge in [-0.2, -0.15) is 0 Å². The quantitative estimate of drug-likeness (QED) is 0.439. The molecule has 0 aromatic heterocycles. The third-order valence-electron chi connectivity index (χ3n) is 4.55. The summed E-state index contributed by atoms with van der Waals surface area (Å²) in [6.07, 6.45) is 4.74. The van der Waals surface area contributed by atoms with Gasteiger partial charge in [0, 0.05) is 5.54 Å². The van der Waals surface area contributed by atoms with Gasteiger partial charge in [-0.1, -0.05) is 29.9 Å². The van der Waals surface area contributed by atoms with Crippen LogP contribution in [0.25, 0.3) is 0 Å². The molecule has 1 aliphatic rings. The summed E-state index contributed by atoms with van der Waals surface area (Å²) in [5.74, 6) is 0. The minimum Gasteiger partial charge on any atom is -0.413 e. The first-order valence-electron chi connectivity index (χ1n) is 8.92. The summed E-state index contributed by atoms with van der Waals surface area (Å²) in [6.45, 7) is 25.1. The van der Waals surface area contributed by atoms with Crippen molar-refractivity contribution in [3.05, 3.63) is 36.8 Å². The van der Waals surface area contributed by atoms with Crippen LogP contribution in [0.2, 0.25) is 44.8 Å². The molecule has 0 N–H and O–H groups in total. The normalized spacial score (nSPS) is 17.8. The fourth-order valence-electron chi connectivity index (χ4n) is 2.82. The van der Waals surface area contributed by atoms with Crippen molar-refractivity contribution in [3.8, 4) is 0 Å². The van der Waals surface area contributed by atoms with E-state index in [1.54, 1.807) is 0 Å². The van der Waals surface area contributed by atoms with Gasteiger partial charge < -0.3 is 12.3 Å². The van der Waals surface area contributed by atoms with E-state index in [9.17, 15) is 0 Å². The maximum Gasteiger partial charge on any atom is 0.473 e. The van der Waals surface area contributed by atoms with Gasteiger partial charge in [0.15, 0.2) is 0 Å². The van der Waals surface area contributed by atoms with Gasteiger partial charge in [-0.15, -0.1) is 19.7 Å². The van der Waals surface area contributed by atoms with Crippen LogP contribution in [0, 0.1) is 0 Å². The number of rotatable bonds is 10. The van der Waals surface area contributed by atoms with Gasteiger partial charge in [0.05, 0.1) is 0 Å². The maximum absolute atomic E-state index is 6.82. The zero-order valence-electron chi connectivity index (χ0n) is 16.5. The summed E-state index contributed by atoms with van der Waals surface area (Å²) in [5, 5.41) is 0. The molecule has 0 heterocycles. The van der Waals surface area contributed by atoms with Crippen LogP contribution in [0.15, 0.2) is 36.8 Å². The predicted octanol–water partition coefficient (Wildman–Crippen LogP) is 5.71. The molecule has 0 aliphatic heterocycles. The Hall–Kier alpha value is -0.0325. The first-order valence-corrected chi connectivity index (χ1v) is 19.7. The Labute approximate surface area is 153 Å². The summed E-state index contributed by atoms with van der Waals surface area (Å²) in [6, 6.07) is 0. The SMILES string of the molecule is C=C[Si](C)(C)O[Si](O[Si](C)(C)C=C)(O[Si](C)(C)C=C)C1CCCC1. The van der Waals surface area contributed by atoms with E-state index in [1.807, 2.05) is 17.1 Å². The second kappa shape index (κ2) is 8.11. The lowest BCUT2D eigenvalue weighted by Crippen LogP contribution is -2.63. The molecule has 0 aromatic rings. The largest absolute Gasteiger partial charge is 0.473 e. The second-order valence-electron chi connectivity index (χ2n) is 8.31. The van der Waals surface area contributed by atoms with E-state index >= 15 is 0 Å². The molecule has 0 aromatic carbocycles. The maximum atomic E-state index is 6.82. The number of hydrogen-bond acceptors (Lipinski definition) is 3. The van der Waals surface area contributed by atoms with Crippen molar-refractivity contribution in [1.82, 2.24) is 0 Å². The van der Waals surface area contributed by atoms with Crippen LogP contribution in [0.5, 0.6) is 0 Å². The first kappa shape index (κ1) is 22.0. The minimum absolute atomic E-state index is 0.391. The van der Waals surface area contributed by atoms with E-state index in [-0.39, 0.29) is 0 Å². The third-order valence-corrected chi connectivity index (χ3v) is 18.8. The van der Waals surface area contributed by atoms with Crippen LogP contribution in [-0.2, 0) is 12.3 Å². The minimum atomic E-state index is -2.86. The van der Waals surface area contributed by atoms with Gasteiger partial charge >= 0.3 is 8.80 Å². The van der Waals surface area contributed by atoms with E-state index in [0.717, 1.165) is 12.8 Å². The first-order chi connectivity index (χ1) is 10.9.